The molecule has 18 heavy (non-hydrogen) atoms. The maximum absolute atomic E-state index is 12.0. The highest BCUT2D eigenvalue weighted by atomic mass is 32.2. The zero-order chi connectivity index (χ0) is 13.6. The Hall–Kier alpha value is -0.950. The molecule has 0 aliphatic heterocycles. The summed E-state index contributed by atoms with van der Waals surface area (Å²) in [5.74, 6) is 0. The number of methoxy groups -OCH3 is 1. The molecule has 0 heterocycles. The van der Waals surface area contributed by atoms with Gasteiger partial charge in [-0.3, -0.25) is 0 Å². The van der Waals surface area contributed by atoms with Gasteiger partial charge in [-0.25, -0.2) is 13.1 Å². The van der Waals surface area contributed by atoms with Gasteiger partial charge in [0.1, 0.15) is 0 Å². The summed E-state index contributed by atoms with van der Waals surface area (Å²) in [6, 6.07) is 5.13. The quantitative estimate of drug-likeness (QED) is 0.715. The first-order valence-electron chi connectivity index (χ1n) is 5.74. The number of hydrogen-bond donors (Lipinski definition) is 2. The standard InChI is InChI=1S/C12H20N2O3S/c1-10-4-5-12(8-11(10)9-13-2)18(15,16)14-6-7-17-3/h4-5,8,13-14H,6-7,9H2,1-3H3. The normalized spacial score (nSPS) is 11.7. The highest BCUT2D eigenvalue weighted by Crippen LogP contribution is 2.15. The Morgan fingerprint density at radius 2 is 2.06 bits per heavy atom. The van der Waals surface area contributed by atoms with E-state index in [1.54, 1.807) is 12.1 Å². The van der Waals surface area contributed by atoms with Crippen LogP contribution in [0.4, 0.5) is 0 Å². The Morgan fingerprint density at radius 3 is 2.67 bits per heavy atom. The molecule has 5 nitrogen and oxygen atoms in total. The zero-order valence-corrected chi connectivity index (χ0v) is 11.8. The van der Waals surface area contributed by atoms with Gasteiger partial charge in [0.05, 0.1) is 11.5 Å². The fourth-order valence-electron chi connectivity index (χ4n) is 1.56. The third-order valence-corrected chi connectivity index (χ3v) is 4.06. The second-order valence-corrected chi connectivity index (χ2v) is 5.78. The van der Waals surface area contributed by atoms with Crippen LogP contribution in [-0.4, -0.2) is 35.7 Å². The molecular formula is C12H20N2O3S. The van der Waals surface area contributed by atoms with Crippen molar-refractivity contribution in [2.24, 2.45) is 0 Å². The maximum Gasteiger partial charge on any atom is 0.240 e. The lowest BCUT2D eigenvalue weighted by molar-refractivity contribution is 0.204. The minimum atomic E-state index is -3.45. The first kappa shape index (κ1) is 15.1. The molecule has 0 radical (unpaired) electrons. The van der Waals surface area contributed by atoms with Crippen LogP contribution in [0.15, 0.2) is 23.1 Å². The van der Waals surface area contributed by atoms with Gasteiger partial charge < -0.3 is 10.1 Å². The van der Waals surface area contributed by atoms with Crippen LogP contribution < -0.4 is 10.0 Å². The van der Waals surface area contributed by atoms with E-state index in [4.69, 9.17) is 4.74 Å². The highest BCUT2D eigenvalue weighted by molar-refractivity contribution is 7.89. The van der Waals surface area contributed by atoms with E-state index in [-0.39, 0.29) is 11.4 Å². The molecule has 1 aromatic carbocycles. The van der Waals surface area contributed by atoms with Crippen molar-refractivity contribution < 1.29 is 13.2 Å². The molecule has 0 aliphatic carbocycles. The van der Waals surface area contributed by atoms with E-state index in [2.05, 4.69) is 10.0 Å². The fraction of sp³-hybridized carbons (Fsp3) is 0.500. The van der Waals surface area contributed by atoms with Crippen LogP contribution >= 0.6 is 0 Å². The van der Waals surface area contributed by atoms with E-state index >= 15 is 0 Å². The minimum Gasteiger partial charge on any atom is -0.383 e. The van der Waals surface area contributed by atoms with Gasteiger partial charge in [0.15, 0.2) is 0 Å². The van der Waals surface area contributed by atoms with Gasteiger partial charge in [-0.15, -0.1) is 0 Å². The van der Waals surface area contributed by atoms with Crippen LogP contribution in [0.25, 0.3) is 0 Å². The van der Waals surface area contributed by atoms with E-state index in [0.29, 0.717) is 13.2 Å². The largest absolute Gasteiger partial charge is 0.383 e. The summed E-state index contributed by atoms with van der Waals surface area (Å²) in [5.41, 5.74) is 2.05. The van der Waals surface area contributed by atoms with Crippen LogP contribution in [0, 0.1) is 6.92 Å². The lowest BCUT2D eigenvalue weighted by Gasteiger charge is -2.10. The molecule has 102 valence electrons. The summed E-state index contributed by atoms with van der Waals surface area (Å²) in [6.07, 6.45) is 0. The van der Waals surface area contributed by atoms with Gasteiger partial charge in [-0.05, 0) is 37.2 Å². The summed E-state index contributed by atoms with van der Waals surface area (Å²) in [5, 5.41) is 3.02. The van der Waals surface area contributed by atoms with Crippen LogP contribution in [0.3, 0.4) is 0 Å². The van der Waals surface area contributed by atoms with Crippen molar-refractivity contribution in [2.45, 2.75) is 18.4 Å². The summed E-state index contributed by atoms with van der Waals surface area (Å²) in [7, 11) is -0.0841. The van der Waals surface area contributed by atoms with Crippen molar-refractivity contribution in [1.29, 1.82) is 0 Å². The number of sulfonamides is 1. The Morgan fingerprint density at radius 1 is 1.33 bits per heavy atom. The molecule has 0 aromatic heterocycles. The first-order chi connectivity index (χ1) is 8.51. The van der Waals surface area contributed by atoms with Crippen molar-refractivity contribution in [2.75, 3.05) is 27.3 Å². The van der Waals surface area contributed by atoms with E-state index < -0.39 is 10.0 Å². The van der Waals surface area contributed by atoms with Crippen molar-refractivity contribution in [3.05, 3.63) is 29.3 Å². The molecule has 6 heteroatoms. The molecule has 0 bridgehead atoms. The van der Waals surface area contributed by atoms with Gasteiger partial charge in [0.25, 0.3) is 0 Å². The van der Waals surface area contributed by atoms with E-state index in [0.717, 1.165) is 11.1 Å². The average Bonchev–Trinajstić information content (AvgIpc) is 2.32. The molecule has 1 aromatic rings. The Labute approximate surface area is 109 Å². The number of ether oxygens (including phenoxy) is 1. The molecule has 0 amide bonds. The predicted molar refractivity (Wildman–Crippen MR) is 71.0 cm³/mol. The molecule has 0 fully saturated rings. The predicted octanol–water partition coefficient (Wildman–Crippen LogP) is 0.639. The first-order valence-corrected chi connectivity index (χ1v) is 7.22. The Kier molecular flexibility index (Phi) is 5.74. The van der Waals surface area contributed by atoms with Crippen LogP contribution in [-0.2, 0) is 21.3 Å². The number of hydrogen-bond acceptors (Lipinski definition) is 4. The van der Waals surface area contributed by atoms with Crippen molar-refractivity contribution >= 4 is 10.0 Å². The molecule has 0 saturated heterocycles. The van der Waals surface area contributed by atoms with Crippen LogP contribution in [0.1, 0.15) is 11.1 Å². The highest BCUT2D eigenvalue weighted by Gasteiger charge is 2.14. The molecule has 0 spiro atoms. The zero-order valence-electron chi connectivity index (χ0n) is 11.0. The van der Waals surface area contributed by atoms with Gasteiger partial charge in [-0.2, -0.15) is 0 Å². The second-order valence-electron chi connectivity index (χ2n) is 4.01. The van der Waals surface area contributed by atoms with Gasteiger partial charge in [0, 0.05) is 20.2 Å². The molecule has 0 aliphatic rings. The summed E-state index contributed by atoms with van der Waals surface area (Å²) in [4.78, 5) is 0.287. The third-order valence-electron chi connectivity index (χ3n) is 2.60. The molecular weight excluding hydrogens is 252 g/mol. The average molecular weight is 272 g/mol. The second kappa shape index (κ2) is 6.84. The van der Waals surface area contributed by atoms with Gasteiger partial charge in [0.2, 0.25) is 10.0 Å². The maximum atomic E-state index is 12.0. The van der Waals surface area contributed by atoms with E-state index in [1.807, 2.05) is 20.0 Å². The molecule has 0 saturated carbocycles. The lowest BCUT2D eigenvalue weighted by atomic mass is 10.1. The number of aryl methyl sites for hydroxylation is 1. The molecule has 2 N–H and O–H groups in total. The Bertz CT molecular complexity index is 486. The third kappa shape index (κ3) is 4.06. The van der Waals surface area contributed by atoms with Crippen LogP contribution in [0.5, 0.6) is 0 Å². The summed E-state index contributed by atoms with van der Waals surface area (Å²) >= 11 is 0. The summed E-state index contributed by atoms with van der Waals surface area (Å²) < 4.78 is 31.3. The van der Waals surface area contributed by atoms with Crippen molar-refractivity contribution in [3.8, 4) is 0 Å². The number of rotatable bonds is 7. The minimum absolute atomic E-state index is 0.272. The van der Waals surface area contributed by atoms with Gasteiger partial charge in [-0.1, -0.05) is 6.07 Å². The van der Waals surface area contributed by atoms with Crippen LogP contribution in [0.2, 0.25) is 0 Å². The van der Waals surface area contributed by atoms with Crippen molar-refractivity contribution in [3.63, 3.8) is 0 Å². The fourth-order valence-corrected chi connectivity index (χ4v) is 2.62. The molecule has 0 atom stereocenters. The van der Waals surface area contributed by atoms with Gasteiger partial charge >= 0.3 is 0 Å². The SMILES string of the molecule is CNCc1cc(S(=O)(=O)NCCOC)ccc1C. The smallest absolute Gasteiger partial charge is 0.240 e. The number of benzene rings is 1. The monoisotopic (exact) mass is 272 g/mol. The van der Waals surface area contributed by atoms with E-state index in [1.165, 1.54) is 7.11 Å². The topological polar surface area (TPSA) is 67.4 Å². The van der Waals surface area contributed by atoms with Crippen molar-refractivity contribution in [1.82, 2.24) is 10.0 Å². The Balaban J connectivity index is 2.91. The lowest BCUT2D eigenvalue weighted by Crippen LogP contribution is -2.27. The number of nitrogens with one attached hydrogen (secondary N) is 2. The molecule has 0 unspecified atom stereocenters. The summed E-state index contributed by atoms with van der Waals surface area (Å²) in [6.45, 7) is 3.23. The molecule has 1 rings (SSSR count). The van der Waals surface area contributed by atoms with E-state index in [9.17, 15) is 8.42 Å².